The first kappa shape index (κ1) is 16.5. The molecule has 26 heavy (non-hydrogen) atoms. The minimum absolute atomic E-state index is 0.152. The molecule has 0 spiro atoms. The third kappa shape index (κ3) is 2.79. The highest BCUT2D eigenvalue weighted by molar-refractivity contribution is 5.99. The number of halogens is 1. The van der Waals surface area contributed by atoms with Crippen LogP contribution in [-0.2, 0) is 6.42 Å². The molecule has 1 atom stereocenters. The van der Waals surface area contributed by atoms with Crippen molar-refractivity contribution in [2.24, 2.45) is 5.92 Å². The van der Waals surface area contributed by atoms with E-state index in [4.69, 9.17) is 5.10 Å². The van der Waals surface area contributed by atoms with Crippen LogP contribution in [0.15, 0.2) is 54.6 Å². The van der Waals surface area contributed by atoms with E-state index in [9.17, 15) is 9.18 Å². The molecule has 1 unspecified atom stereocenters. The zero-order valence-corrected chi connectivity index (χ0v) is 14.7. The predicted molar refractivity (Wildman–Crippen MR) is 97.8 cm³/mol. The van der Waals surface area contributed by atoms with Crippen LogP contribution in [-0.4, -0.2) is 15.7 Å². The molecule has 0 fully saturated rings. The largest absolute Gasteiger partial charge is 0.340 e. The predicted octanol–water partition coefficient (Wildman–Crippen LogP) is 4.04. The van der Waals surface area contributed by atoms with Crippen molar-refractivity contribution in [2.45, 2.75) is 26.3 Å². The average Bonchev–Trinajstić information content (AvgIpc) is 3.15. The lowest BCUT2D eigenvalue weighted by molar-refractivity contribution is 0.0953. The molecule has 4 rings (SSSR count). The van der Waals surface area contributed by atoms with Crippen LogP contribution in [0.25, 0.3) is 5.69 Å². The summed E-state index contributed by atoms with van der Waals surface area (Å²) in [5.74, 6) is -0.0378. The summed E-state index contributed by atoms with van der Waals surface area (Å²) in [6.07, 6.45) is 0.773. The molecule has 132 valence electrons. The molecule has 1 aromatic heterocycles. The monoisotopic (exact) mass is 349 g/mol. The molecule has 0 radical (unpaired) electrons. The van der Waals surface area contributed by atoms with Gasteiger partial charge >= 0.3 is 0 Å². The standard InChI is InChI=1S/C21H20FN3O/c1-13(2)12-17-18-19(14-8-10-15(22)11-9-14)23-21(26)20(18)25(24-17)16-6-4-3-5-7-16/h3-11,13,19H,12H2,1-2H3,(H,23,26). The third-order valence-corrected chi connectivity index (χ3v) is 4.58. The molecule has 0 bridgehead atoms. The second kappa shape index (κ2) is 6.41. The van der Waals surface area contributed by atoms with Crippen LogP contribution >= 0.6 is 0 Å². The Balaban J connectivity index is 1.88. The summed E-state index contributed by atoms with van der Waals surface area (Å²) in [6.45, 7) is 4.26. The fourth-order valence-electron chi connectivity index (χ4n) is 3.47. The van der Waals surface area contributed by atoms with Crippen molar-refractivity contribution >= 4 is 5.91 Å². The first-order chi connectivity index (χ1) is 12.5. The van der Waals surface area contributed by atoms with Crippen molar-refractivity contribution in [2.75, 3.05) is 0 Å². The lowest BCUT2D eigenvalue weighted by Crippen LogP contribution is -2.23. The van der Waals surface area contributed by atoms with E-state index in [2.05, 4.69) is 19.2 Å². The Hall–Kier alpha value is -2.95. The Bertz CT molecular complexity index is 945. The van der Waals surface area contributed by atoms with E-state index >= 15 is 0 Å². The molecule has 2 aromatic carbocycles. The normalized spacial score (nSPS) is 16.0. The smallest absolute Gasteiger partial charge is 0.271 e. The van der Waals surface area contributed by atoms with E-state index < -0.39 is 0 Å². The third-order valence-electron chi connectivity index (χ3n) is 4.58. The fraction of sp³-hybridized carbons (Fsp3) is 0.238. The topological polar surface area (TPSA) is 46.9 Å². The van der Waals surface area contributed by atoms with Crippen molar-refractivity contribution < 1.29 is 9.18 Å². The molecular formula is C21H20FN3O. The summed E-state index contributed by atoms with van der Waals surface area (Å²) in [6, 6.07) is 15.6. The van der Waals surface area contributed by atoms with E-state index in [1.165, 1.54) is 12.1 Å². The average molecular weight is 349 g/mol. The maximum atomic E-state index is 13.3. The van der Waals surface area contributed by atoms with Gasteiger partial charge in [-0.2, -0.15) is 5.10 Å². The number of para-hydroxylation sites is 1. The highest BCUT2D eigenvalue weighted by atomic mass is 19.1. The molecular weight excluding hydrogens is 329 g/mol. The first-order valence-electron chi connectivity index (χ1n) is 8.78. The lowest BCUT2D eigenvalue weighted by atomic mass is 9.96. The molecule has 0 saturated heterocycles. The van der Waals surface area contributed by atoms with E-state index in [-0.39, 0.29) is 17.8 Å². The van der Waals surface area contributed by atoms with Crippen molar-refractivity contribution in [3.63, 3.8) is 0 Å². The molecule has 1 amide bonds. The number of benzene rings is 2. The molecule has 5 heteroatoms. The summed E-state index contributed by atoms with van der Waals surface area (Å²) >= 11 is 0. The van der Waals surface area contributed by atoms with Gasteiger partial charge < -0.3 is 5.32 Å². The van der Waals surface area contributed by atoms with Crippen LogP contribution in [0.5, 0.6) is 0 Å². The summed E-state index contributed by atoms with van der Waals surface area (Å²) in [5, 5.41) is 7.80. The Labute approximate surface area is 151 Å². The van der Waals surface area contributed by atoms with Gasteiger partial charge in [0.15, 0.2) is 0 Å². The second-order valence-electron chi connectivity index (χ2n) is 7.01. The molecule has 1 N–H and O–H groups in total. The number of nitrogens with one attached hydrogen (secondary N) is 1. The zero-order chi connectivity index (χ0) is 18.3. The maximum absolute atomic E-state index is 13.3. The number of carbonyl (C=O) groups is 1. The highest BCUT2D eigenvalue weighted by Crippen LogP contribution is 2.35. The fourth-order valence-corrected chi connectivity index (χ4v) is 3.47. The van der Waals surface area contributed by atoms with Gasteiger partial charge in [0.25, 0.3) is 5.91 Å². The van der Waals surface area contributed by atoms with Crippen LogP contribution < -0.4 is 5.32 Å². The van der Waals surface area contributed by atoms with Gasteiger partial charge in [-0.05, 0) is 42.2 Å². The van der Waals surface area contributed by atoms with Gasteiger partial charge in [0, 0.05) is 5.56 Å². The number of nitrogens with zero attached hydrogens (tertiary/aromatic N) is 2. The van der Waals surface area contributed by atoms with Gasteiger partial charge in [-0.1, -0.05) is 44.2 Å². The van der Waals surface area contributed by atoms with Gasteiger partial charge in [0.1, 0.15) is 11.5 Å². The SMILES string of the molecule is CC(C)Cc1nn(-c2ccccc2)c2c1C(c1ccc(F)cc1)NC2=O. The Morgan fingerprint density at radius 2 is 1.81 bits per heavy atom. The summed E-state index contributed by atoms with van der Waals surface area (Å²) in [7, 11) is 0. The van der Waals surface area contributed by atoms with Crippen LogP contribution in [0.2, 0.25) is 0 Å². The number of amides is 1. The van der Waals surface area contributed by atoms with Crippen LogP contribution in [0, 0.1) is 11.7 Å². The molecule has 1 aliphatic heterocycles. The van der Waals surface area contributed by atoms with Crippen molar-refractivity contribution in [3.05, 3.63) is 82.9 Å². The summed E-state index contributed by atoms with van der Waals surface area (Å²) < 4.78 is 15.0. The van der Waals surface area contributed by atoms with Gasteiger partial charge in [-0.25, -0.2) is 9.07 Å². The van der Waals surface area contributed by atoms with Crippen LogP contribution in [0.3, 0.4) is 0 Å². The van der Waals surface area contributed by atoms with Crippen molar-refractivity contribution in [1.82, 2.24) is 15.1 Å². The molecule has 1 aliphatic rings. The zero-order valence-electron chi connectivity index (χ0n) is 14.7. The number of fused-ring (bicyclic) bond motifs is 1. The number of hydrogen-bond donors (Lipinski definition) is 1. The highest BCUT2D eigenvalue weighted by Gasteiger charge is 2.37. The molecule has 0 aliphatic carbocycles. The lowest BCUT2D eigenvalue weighted by Gasteiger charge is -2.14. The first-order valence-corrected chi connectivity index (χ1v) is 8.78. The van der Waals surface area contributed by atoms with E-state index in [0.717, 1.165) is 28.9 Å². The minimum atomic E-state index is -0.302. The maximum Gasteiger partial charge on any atom is 0.271 e. The van der Waals surface area contributed by atoms with Gasteiger partial charge in [-0.3, -0.25) is 4.79 Å². The summed E-state index contributed by atoms with van der Waals surface area (Å²) in [4.78, 5) is 12.8. The van der Waals surface area contributed by atoms with Gasteiger partial charge in [-0.15, -0.1) is 0 Å². The van der Waals surface area contributed by atoms with Crippen LogP contribution in [0.4, 0.5) is 4.39 Å². The number of rotatable bonds is 4. The molecule has 4 nitrogen and oxygen atoms in total. The Morgan fingerprint density at radius 1 is 1.12 bits per heavy atom. The number of hydrogen-bond acceptors (Lipinski definition) is 2. The van der Waals surface area contributed by atoms with E-state index in [1.54, 1.807) is 16.8 Å². The van der Waals surface area contributed by atoms with Gasteiger partial charge in [0.2, 0.25) is 0 Å². The molecule has 2 heterocycles. The van der Waals surface area contributed by atoms with Gasteiger partial charge in [0.05, 0.1) is 17.4 Å². The molecule has 3 aromatic rings. The second-order valence-corrected chi connectivity index (χ2v) is 7.01. The quantitative estimate of drug-likeness (QED) is 0.773. The van der Waals surface area contributed by atoms with E-state index in [0.29, 0.717) is 11.6 Å². The molecule has 0 saturated carbocycles. The number of aromatic nitrogens is 2. The Morgan fingerprint density at radius 3 is 2.46 bits per heavy atom. The minimum Gasteiger partial charge on any atom is -0.340 e. The summed E-state index contributed by atoms with van der Waals surface area (Å²) in [5.41, 5.74) is 4.09. The number of carbonyl (C=O) groups excluding carboxylic acids is 1. The van der Waals surface area contributed by atoms with E-state index in [1.807, 2.05) is 30.3 Å². The van der Waals surface area contributed by atoms with Crippen molar-refractivity contribution in [3.8, 4) is 5.69 Å². The van der Waals surface area contributed by atoms with Crippen LogP contribution in [0.1, 0.15) is 47.2 Å². The Kier molecular flexibility index (Phi) is 4.07. The van der Waals surface area contributed by atoms with Crippen molar-refractivity contribution in [1.29, 1.82) is 0 Å².